The largest absolute Gasteiger partial charge is 0.456 e. The smallest absolute Gasteiger partial charge is 0.319 e. The first-order valence-corrected chi connectivity index (χ1v) is 31.1. The molecule has 0 aromatic rings. The Bertz CT molecular complexity index is 2540. The van der Waals surface area contributed by atoms with Gasteiger partial charge in [-0.15, -0.1) is 0 Å². The Hall–Kier alpha value is -2.13. The minimum Gasteiger partial charge on any atom is -0.456 e. The molecule has 0 aromatic carbocycles. The van der Waals surface area contributed by atoms with Gasteiger partial charge in [0, 0.05) is 7.11 Å². The summed E-state index contributed by atoms with van der Waals surface area (Å²) in [6, 6.07) is 0. The lowest BCUT2D eigenvalue weighted by atomic mass is 9.40. The van der Waals surface area contributed by atoms with Crippen LogP contribution in [0.5, 0.6) is 0 Å². The number of aliphatic hydroxyl groups is 16. The molecule has 6 saturated heterocycles. The number of esters is 1. The molecule has 16 N–H and O–H groups in total. The number of methoxy groups -OCH3 is 1. The van der Waals surface area contributed by atoms with E-state index < -0.39 is 231 Å². The number of aliphatic hydroxyl groups excluding tert-OH is 15. The van der Waals surface area contributed by atoms with Crippen LogP contribution in [-0.4, -0.2) is 298 Å². The molecule has 34 unspecified atom stereocenters. The molecule has 34 atom stereocenters. The van der Waals surface area contributed by atoms with E-state index in [9.17, 15) is 86.5 Å². The Kier molecular flexibility index (Phi) is 20.2. The van der Waals surface area contributed by atoms with Gasteiger partial charge in [-0.25, -0.2) is 0 Å². The quantitative estimate of drug-likeness (QED) is 0.0371. The first-order chi connectivity index (χ1) is 41.8. The van der Waals surface area contributed by atoms with E-state index in [-0.39, 0.29) is 24.7 Å². The zero-order chi connectivity index (χ0) is 65.2. The number of carbonyl (C=O) groups excluding carboxylic acids is 1. The van der Waals surface area contributed by atoms with E-state index in [0.29, 0.717) is 32.1 Å². The van der Waals surface area contributed by atoms with Crippen molar-refractivity contribution in [3.8, 4) is 0 Å². The molecule has 0 aromatic heterocycles. The fourth-order valence-corrected chi connectivity index (χ4v) is 17.6. The molecule has 29 nitrogen and oxygen atoms in total. The normalized spacial score (nSPS) is 53.8. The molecule has 6 heterocycles. The van der Waals surface area contributed by atoms with Crippen molar-refractivity contribution >= 4 is 5.97 Å². The SMILES string of the molecule is COC1C(O)C(CO)OC(OC2C(O)C(CO)OC(OC3C(C)OC(OC4C(OC5CCC6(C)C7=CC(O)C89C(=O)OC(C)(CCC=C(C)C)C8(O)C(O)CC9(C)C7CCC6C5(C)C)OCC(OC5OC(CO)C(O)C(O)C5O)C4O)C(O)C3O)C2O)C1O. The van der Waals surface area contributed by atoms with Crippen LogP contribution in [0.25, 0.3) is 0 Å². The van der Waals surface area contributed by atoms with Gasteiger partial charge >= 0.3 is 5.97 Å². The summed E-state index contributed by atoms with van der Waals surface area (Å²) in [6.07, 6.45) is -37.9. The van der Waals surface area contributed by atoms with Gasteiger partial charge in [0.2, 0.25) is 0 Å². The predicted molar refractivity (Wildman–Crippen MR) is 297 cm³/mol. The highest BCUT2D eigenvalue weighted by molar-refractivity contribution is 5.87. The van der Waals surface area contributed by atoms with Gasteiger partial charge in [0.15, 0.2) is 31.5 Å². The third-order valence-electron chi connectivity index (χ3n) is 22.4. The molecule has 1 spiro atoms. The van der Waals surface area contributed by atoms with Gasteiger partial charge in [-0.2, -0.15) is 0 Å². The van der Waals surface area contributed by atoms with E-state index in [0.717, 1.165) is 11.1 Å². The molecule has 0 bridgehead atoms. The Labute approximate surface area is 515 Å². The van der Waals surface area contributed by atoms with E-state index in [1.165, 1.54) is 14.0 Å². The summed E-state index contributed by atoms with van der Waals surface area (Å²) in [5.41, 5.74) is -6.14. The second kappa shape index (κ2) is 25.8. The van der Waals surface area contributed by atoms with Gasteiger partial charge in [0.1, 0.15) is 126 Å². The van der Waals surface area contributed by atoms with Gasteiger partial charge in [0.25, 0.3) is 0 Å². The van der Waals surface area contributed by atoms with Crippen molar-refractivity contribution in [3.63, 3.8) is 0 Å². The molecule has 510 valence electrons. The minimum atomic E-state index is -2.13. The molecule has 10 aliphatic rings. The van der Waals surface area contributed by atoms with Crippen LogP contribution < -0.4 is 0 Å². The second-order valence-corrected chi connectivity index (χ2v) is 28.0. The first kappa shape index (κ1) is 69.7. The number of carbonyl (C=O) groups is 1. The predicted octanol–water partition coefficient (Wildman–Crippen LogP) is -4.51. The average molecular weight is 1280 g/mol. The molecule has 4 aliphatic carbocycles. The van der Waals surface area contributed by atoms with Gasteiger partial charge in [-0.1, -0.05) is 51.0 Å². The number of fused-ring (bicyclic) bond motifs is 4. The molecule has 29 heteroatoms. The lowest BCUT2D eigenvalue weighted by Crippen LogP contribution is -2.69. The summed E-state index contributed by atoms with van der Waals surface area (Å²) in [5, 5.41) is 180. The van der Waals surface area contributed by atoms with E-state index in [1.807, 2.05) is 40.7 Å². The van der Waals surface area contributed by atoms with Crippen LogP contribution in [-0.2, 0) is 61.6 Å². The van der Waals surface area contributed by atoms with Gasteiger partial charge in [-0.3, -0.25) is 4.79 Å². The lowest BCUT2D eigenvalue weighted by Gasteiger charge is -2.64. The minimum absolute atomic E-state index is 0.0307. The highest BCUT2D eigenvalue weighted by atomic mass is 16.8. The Morgan fingerprint density at radius 2 is 1.17 bits per heavy atom. The number of ether oxygens (including phenoxy) is 12. The van der Waals surface area contributed by atoms with Crippen molar-refractivity contribution < 1.29 is 143 Å². The third-order valence-corrected chi connectivity index (χ3v) is 22.4. The first-order valence-electron chi connectivity index (χ1n) is 31.1. The van der Waals surface area contributed by atoms with Crippen LogP contribution in [0.2, 0.25) is 0 Å². The summed E-state index contributed by atoms with van der Waals surface area (Å²) >= 11 is 0. The fraction of sp³-hybridized carbons (Fsp3) is 0.917. The molecule has 3 saturated carbocycles. The maximum absolute atomic E-state index is 14.6. The fourth-order valence-electron chi connectivity index (χ4n) is 17.6. The van der Waals surface area contributed by atoms with E-state index in [2.05, 4.69) is 6.92 Å². The Morgan fingerprint density at radius 3 is 1.78 bits per heavy atom. The number of allylic oxidation sites excluding steroid dienone is 3. The van der Waals surface area contributed by atoms with Crippen molar-refractivity contribution in [2.75, 3.05) is 33.5 Å². The second-order valence-electron chi connectivity index (χ2n) is 28.0. The molecule has 0 radical (unpaired) electrons. The van der Waals surface area contributed by atoms with Crippen LogP contribution in [0.4, 0.5) is 0 Å². The summed E-state index contributed by atoms with van der Waals surface area (Å²) < 4.78 is 71.9. The van der Waals surface area contributed by atoms with Gasteiger partial charge in [-0.05, 0) is 101 Å². The molecule has 9 fully saturated rings. The molecule has 6 aliphatic heterocycles. The third kappa shape index (κ3) is 11.0. The number of rotatable bonds is 17. The van der Waals surface area contributed by atoms with Crippen LogP contribution in [0, 0.1) is 33.5 Å². The van der Waals surface area contributed by atoms with E-state index >= 15 is 0 Å². The van der Waals surface area contributed by atoms with Crippen molar-refractivity contribution in [2.45, 2.75) is 277 Å². The highest BCUT2D eigenvalue weighted by Crippen LogP contribution is 2.77. The van der Waals surface area contributed by atoms with Crippen LogP contribution in [0.3, 0.4) is 0 Å². The summed E-state index contributed by atoms with van der Waals surface area (Å²) in [7, 11) is 1.18. The molecule has 0 amide bonds. The monoisotopic (exact) mass is 1280 g/mol. The van der Waals surface area contributed by atoms with Crippen molar-refractivity contribution in [1.82, 2.24) is 0 Å². The zero-order valence-electron chi connectivity index (χ0n) is 51.6. The summed E-state index contributed by atoms with van der Waals surface area (Å²) in [4.78, 5) is 14.6. The standard InChI is InChI=1S/C60H96O29/c1-23(2)11-10-15-58(8)60(77)33(65)18-57(7)25-12-13-31-55(4,5)34(14-16-56(31,6)26(25)17-32(64)59(57,60)54(76)89-58)85-53-48(38(69)30(22-79-53)84-50-41(72)39(70)35(66)27(19-61)81-50)88-49-42(73)40(71)45(24(3)80-49)86-52-44(75)47(37(68)29(21-63)83-52)87-51-43(74)46(78-9)36(67)28(20-62)82-51/h11,17,24-25,27-53,61-75,77H,10,12-16,18-22H2,1-9H3. The number of hydrogen-bond donors (Lipinski definition) is 16. The summed E-state index contributed by atoms with van der Waals surface area (Å²) in [5.74, 6) is -1.30. The van der Waals surface area contributed by atoms with Gasteiger partial charge < -0.3 is 139 Å². The summed E-state index contributed by atoms with van der Waals surface area (Å²) in [6.45, 7) is 12.1. The molecule has 10 rings (SSSR count). The van der Waals surface area contributed by atoms with Crippen molar-refractivity contribution in [3.05, 3.63) is 23.3 Å². The topological polar surface area (TPSA) is 452 Å². The van der Waals surface area contributed by atoms with Crippen LogP contribution >= 0.6 is 0 Å². The van der Waals surface area contributed by atoms with E-state index in [1.54, 1.807) is 13.0 Å². The molecule has 89 heavy (non-hydrogen) atoms. The van der Waals surface area contributed by atoms with Gasteiger partial charge in [0.05, 0.1) is 50.8 Å². The Balaban J connectivity index is 0.882. The average Bonchev–Trinajstić information content (AvgIpc) is 1.49. The maximum Gasteiger partial charge on any atom is 0.319 e. The molecular formula is C60H96O29. The van der Waals surface area contributed by atoms with Crippen molar-refractivity contribution in [2.24, 2.45) is 33.5 Å². The zero-order valence-corrected chi connectivity index (χ0v) is 51.6. The maximum atomic E-state index is 14.6. The van der Waals surface area contributed by atoms with E-state index in [4.69, 9.17) is 56.8 Å². The van der Waals surface area contributed by atoms with Crippen LogP contribution in [0.1, 0.15) is 100 Å². The number of hydrogen-bond acceptors (Lipinski definition) is 29. The lowest BCUT2D eigenvalue weighted by molar-refractivity contribution is -0.394. The highest BCUT2D eigenvalue weighted by Gasteiger charge is 2.88. The number of cyclic esters (lactones) is 1. The van der Waals surface area contributed by atoms with Crippen molar-refractivity contribution in [1.29, 1.82) is 0 Å². The Morgan fingerprint density at radius 1 is 0.618 bits per heavy atom. The molecular weight excluding hydrogens is 1180 g/mol. The van der Waals surface area contributed by atoms with Crippen LogP contribution in [0.15, 0.2) is 23.3 Å².